The van der Waals surface area contributed by atoms with Gasteiger partial charge in [0.15, 0.2) is 5.82 Å². The average molecular weight is 266 g/mol. The Labute approximate surface area is 113 Å². The summed E-state index contributed by atoms with van der Waals surface area (Å²) < 4.78 is 4.89. The Kier molecular flexibility index (Phi) is 4.52. The van der Waals surface area contributed by atoms with Gasteiger partial charge in [-0.3, -0.25) is 4.79 Å². The van der Waals surface area contributed by atoms with Gasteiger partial charge in [0.2, 0.25) is 11.8 Å². The van der Waals surface area contributed by atoms with Crippen LogP contribution in [0.25, 0.3) is 0 Å². The van der Waals surface area contributed by atoms with Gasteiger partial charge in [-0.05, 0) is 12.8 Å². The second-order valence-corrected chi connectivity index (χ2v) is 5.28. The number of amides is 1. The lowest BCUT2D eigenvalue weighted by atomic mass is 9.73. The zero-order chi connectivity index (χ0) is 13.7. The van der Waals surface area contributed by atoms with E-state index in [0.717, 1.165) is 25.7 Å². The van der Waals surface area contributed by atoms with Crippen molar-refractivity contribution in [3.8, 4) is 0 Å². The number of carbonyl (C=O) groups is 1. The maximum atomic E-state index is 12.3. The largest absolute Gasteiger partial charge is 0.355 e. The number of nitrogens with one attached hydrogen (secondary N) is 1. The van der Waals surface area contributed by atoms with Gasteiger partial charge in [0, 0.05) is 26.4 Å². The first-order chi connectivity index (χ1) is 9.16. The number of nitrogens with two attached hydrogens (primary N) is 1. The van der Waals surface area contributed by atoms with Gasteiger partial charge in [-0.15, -0.1) is 0 Å². The average Bonchev–Trinajstić information content (AvgIpc) is 2.85. The molecule has 1 amide bonds. The Morgan fingerprint density at radius 1 is 1.42 bits per heavy atom. The molecule has 6 nitrogen and oxygen atoms in total. The molecule has 1 heterocycles. The van der Waals surface area contributed by atoms with E-state index in [4.69, 9.17) is 10.3 Å². The van der Waals surface area contributed by atoms with E-state index in [1.165, 1.54) is 6.42 Å². The third-order valence-electron chi connectivity index (χ3n) is 3.89. The van der Waals surface area contributed by atoms with Gasteiger partial charge in [0.05, 0.1) is 5.41 Å². The summed E-state index contributed by atoms with van der Waals surface area (Å²) in [6.45, 7) is 2.71. The first-order valence-corrected chi connectivity index (χ1v) is 6.94. The van der Waals surface area contributed by atoms with Crippen LogP contribution in [0.1, 0.15) is 43.8 Å². The molecule has 1 aliphatic rings. The molecule has 0 saturated heterocycles. The molecule has 0 radical (unpaired) electrons. The molecule has 19 heavy (non-hydrogen) atoms. The fourth-order valence-corrected chi connectivity index (χ4v) is 2.67. The third-order valence-corrected chi connectivity index (χ3v) is 3.89. The minimum atomic E-state index is -0.356. The van der Waals surface area contributed by atoms with Crippen molar-refractivity contribution in [2.75, 3.05) is 13.1 Å². The highest BCUT2D eigenvalue weighted by molar-refractivity contribution is 5.83. The van der Waals surface area contributed by atoms with Gasteiger partial charge in [-0.25, -0.2) is 0 Å². The Hall–Kier alpha value is -1.43. The molecule has 106 valence electrons. The number of nitrogens with zero attached hydrogens (tertiary/aromatic N) is 2. The molecular weight excluding hydrogens is 244 g/mol. The van der Waals surface area contributed by atoms with E-state index in [2.05, 4.69) is 15.5 Å². The van der Waals surface area contributed by atoms with Crippen molar-refractivity contribution in [3.05, 3.63) is 11.7 Å². The fraction of sp³-hybridized carbons (Fsp3) is 0.769. The van der Waals surface area contributed by atoms with Gasteiger partial charge in [0.1, 0.15) is 0 Å². The SMILES string of the molecule is Cc1nc(CCNC(=O)C2(CN)CCCCC2)no1. The summed E-state index contributed by atoms with van der Waals surface area (Å²) >= 11 is 0. The van der Waals surface area contributed by atoms with Crippen LogP contribution >= 0.6 is 0 Å². The lowest BCUT2D eigenvalue weighted by molar-refractivity contribution is -0.132. The van der Waals surface area contributed by atoms with Crippen LogP contribution in [-0.2, 0) is 11.2 Å². The second kappa shape index (κ2) is 6.14. The van der Waals surface area contributed by atoms with E-state index in [1.807, 2.05) is 0 Å². The summed E-state index contributed by atoms with van der Waals surface area (Å²) in [5.74, 6) is 1.25. The lowest BCUT2D eigenvalue weighted by Gasteiger charge is -2.34. The molecule has 1 saturated carbocycles. The molecule has 1 aliphatic carbocycles. The summed E-state index contributed by atoms with van der Waals surface area (Å²) in [5.41, 5.74) is 5.47. The molecule has 0 aliphatic heterocycles. The van der Waals surface area contributed by atoms with E-state index in [9.17, 15) is 4.79 Å². The van der Waals surface area contributed by atoms with Crippen LogP contribution in [0.3, 0.4) is 0 Å². The Balaban J connectivity index is 1.82. The predicted molar refractivity (Wildman–Crippen MR) is 70.3 cm³/mol. The summed E-state index contributed by atoms with van der Waals surface area (Å²) in [5, 5.41) is 6.76. The standard InChI is InChI=1S/C13H22N4O2/c1-10-16-11(17-19-10)5-8-15-12(18)13(9-14)6-3-2-4-7-13/h2-9,14H2,1H3,(H,15,18). The number of hydrogen-bond acceptors (Lipinski definition) is 5. The molecule has 6 heteroatoms. The molecule has 1 aromatic rings. The van der Waals surface area contributed by atoms with Gasteiger partial charge in [0.25, 0.3) is 0 Å². The van der Waals surface area contributed by atoms with Crippen molar-refractivity contribution in [1.82, 2.24) is 15.5 Å². The smallest absolute Gasteiger partial charge is 0.227 e. The number of aromatic nitrogens is 2. The zero-order valence-corrected chi connectivity index (χ0v) is 11.4. The van der Waals surface area contributed by atoms with Gasteiger partial charge in [-0.1, -0.05) is 24.4 Å². The summed E-state index contributed by atoms with van der Waals surface area (Å²) in [6, 6.07) is 0. The Morgan fingerprint density at radius 3 is 2.74 bits per heavy atom. The van der Waals surface area contributed by atoms with E-state index in [-0.39, 0.29) is 11.3 Å². The highest BCUT2D eigenvalue weighted by Gasteiger charge is 2.37. The van der Waals surface area contributed by atoms with Gasteiger partial charge < -0.3 is 15.6 Å². The van der Waals surface area contributed by atoms with Crippen molar-refractivity contribution in [3.63, 3.8) is 0 Å². The fourth-order valence-electron chi connectivity index (χ4n) is 2.67. The summed E-state index contributed by atoms with van der Waals surface area (Å²) in [7, 11) is 0. The maximum Gasteiger partial charge on any atom is 0.227 e. The van der Waals surface area contributed by atoms with Crippen LogP contribution in [-0.4, -0.2) is 29.1 Å². The number of hydrogen-bond donors (Lipinski definition) is 2. The normalized spacial score (nSPS) is 18.2. The van der Waals surface area contributed by atoms with E-state index in [0.29, 0.717) is 31.2 Å². The maximum absolute atomic E-state index is 12.3. The highest BCUT2D eigenvalue weighted by atomic mass is 16.5. The van der Waals surface area contributed by atoms with E-state index < -0.39 is 0 Å². The number of aryl methyl sites for hydroxylation is 1. The molecule has 0 bridgehead atoms. The van der Waals surface area contributed by atoms with Crippen molar-refractivity contribution in [2.24, 2.45) is 11.1 Å². The topological polar surface area (TPSA) is 94.0 Å². The Bertz CT molecular complexity index is 424. The molecule has 0 aromatic carbocycles. The number of carbonyl (C=O) groups excluding carboxylic acids is 1. The first-order valence-electron chi connectivity index (χ1n) is 6.94. The van der Waals surface area contributed by atoms with E-state index >= 15 is 0 Å². The molecule has 0 spiro atoms. The van der Waals surface area contributed by atoms with Gasteiger partial charge in [-0.2, -0.15) is 4.98 Å². The predicted octanol–water partition coefficient (Wildman–Crippen LogP) is 0.946. The van der Waals surface area contributed by atoms with Crippen LogP contribution in [0.15, 0.2) is 4.52 Å². The lowest BCUT2D eigenvalue weighted by Crippen LogP contribution is -2.47. The highest BCUT2D eigenvalue weighted by Crippen LogP contribution is 2.35. The molecule has 2 rings (SSSR count). The molecule has 3 N–H and O–H groups in total. The van der Waals surface area contributed by atoms with Crippen LogP contribution in [0.4, 0.5) is 0 Å². The molecule has 1 aromatic heterocycles. The van der Waals surface area contributed by atoms with Crippen LogP contribution < -0.4 is 11.1 Å². The van der Waals surface area contributed by atoms with Crippen LogP contribution in [0.5, 0.6) is 0 Å². The summed E-state index contributed by atoms with van der Waals surface area (Å²) in [4.78, 5) is 16.4. The molecule has 0 unspecified atom stereocenters. The minimum absolute atomic E-state index is 0.0786. The molecular formula is C13H22N4O2. The van der Waals surface area contributed by atoms with Crippen LogP contribution in [0.2, 0.25) is 0 Å². The van der Waals surface area contributed by atoms with Crippen molar-refractivity contribution in [1.29, 1.82) is 0 Å². The number of rotatable bonds is 5. The zero-order valence-electron chi connectivity index (χ0n) is 11.4. The van der Waals surface area contributed by atoms with E-state index in [1.54, 1.807) is 6.92 Å². The van der Waals surface area contributed by atoms with Crippen LogP contribution in [0, 0.1) is 12.3 Å². The molecule has 0 atom stereocenters. The van der Waals surface area contributed by atoms with Crippen molar-refractivity contribution < 1.29 is 9.32 Å². The Morgan fingerprint density at radius 2 is 2.16 bits per heavy atom. The quantitative estimate of drug-likeness (QED) is 0.827. The molecule has 1 fully saturated rings. The second-order valence-electron chi connectivity index (χ2n) is 5.28. The van der Waals surface area contributed by atoms with Gasteiger partial charge >= 0.3 is 0 Å². The van der Waals surface area contributed by atoms with Crippen molar-refractivity contribution >= 4 is 5.91 Å². The first kappa shape index (κ1) is 14.0. The third kappa shape index (κ3) is 3.32. The summed E-state index contributed by atoms with van der Waals surface area (Å²) in [6.07, 6.45) is 5.78. The monoisotopic (exact) mass is 266 g/mol. The van der Waals surface area contributed by atoms with Crippen molar-refractivity contribution in [2.45, 2.75) is 45.4 Å². The minimum Gasteiger partial charge on any atom is -0.355 e.